The molecule has 96 valence electrons. The number of hydrogen-bond donors (Lipinski definition) is 0. The second kappa shape index (κ2) is 4.18. The summed E-state index contributed by atoms with van der Waals surface area (Å²) in [6.45, 7) is 3.70. The molecule has 0 heterocycles. The predicted molar refractivity (Wildman–Crippen MR) is 69.1 cm³/mol. The number of halogens is 1. The van der Waals surface area contributed by atoms with Gasteiger partial charge in [0.15, 0.2) is 5.78 Å². The summed E-state index contributed by atoms with van der Waals surface area (Å²) in [5, 5.41) is 0. The van der Waals surface area contributed by atoms with Gasteiger partial charge >= 0.3 is 0 Å². The number of ketones is 1. The molecule has 2 aliphatic carbocycles. The smallest absolute Gasteiger partial charge is 0.169 e. The van der Waals surface area contributed by atoms with Crippen LogP contribution in [0.4, 0.5) is 4.39 Å². The molecule has 2 saturated carbocycles. The van der Waals surface area contributed by atoms with Crippen molar-refractivity contribution in [1.82, 2.24) is 0 Å². The molecule has 0 N–H and O–H groups in total. The highest BCUT2D eigenvalue weighted by Gasteiger charge is 2.55. The highest BCUT2D eigenvalue weighted by atomic mass is 19.1. The van der Waals surface area contributed by atoms with Crippen LogP contribution in [-0.2, 0) is 0 Å². The van der Waals surface area contributed by atoms with Crippen molar-refractivity contribution in [2.75, 3.05) is 0 Å². The Morgan fingerprint density at radius 1 is 1.17 bits per heavy atom. The predicted octanol–water partition coefficient (Wildman–Crippen LogP) is 4.06. The van der Waals surface area contributed by atoms with E-state index in [2.05, 4.69) is 0 Å². The molecule has 0 radical (unpaired) electrons. The maximum atomic E-state index is 14.0. The quantitative estimate of drug-likeness (QED) is 0.719. The summed E-state index contributed by atoms with van der Waals surface area (Å²) in [5.41, 5.74) is 2.02. The van der Waals surface area contributed by atoms with E-state index in [4.69, 9.17) is 0 Å². The lowest BCUT2D eigenvalue weighted by molar-refractivity contribution is 0.0951. The maximum Gasteiger partial charge on any atom is 0.169 e. The minimum atomic E-state index is -0.332. The number of rotatable bonds is 2. The number of benzene rings is 1. The Morgan fingerprint density at radius 3 is 2.33 bits per heavy atom. The van der Waals surface area contributed by atoms with Crippen LogP contribution in [0, 0.1) is 37.4 Å². The average molecular weight is 246 g/mol. The molecule has 0 amide bonds. The van der Waals surface area contributed by atoms with E-state index in [1.165, 1.54) is 18.9 Å². The van der Waals surface area contributed by atoms with Crippen molar-refractivity contribution in [3.8, 4) is 0 Å². The van der Waals surface area contributed by atoms with Gasteiger partial charge < -0.3 is 0 Å². The summed E-state index contributed by atoms with van der Waals surface area (Å²) in [5.74, 6) is 0.934. The molecule has 2 unspecified atom stereocenters. The number of Topliss-reactive ketones (excluding diaryl/α,β-unsaturated/α-hetero) is 1. The Morgan fingerprint density at radius 2 is 1.78 bits per heavy atom. The average Bonchev–Trinajstić information content (AvgIpc) is 3.01. The molecule has 0 bridgehead atoms. The van der Waals surface area contributed by atoms with Crippen LogP contribution in [0.5, 0.6) is 0 Å². The van der Waals surface area contributed by atoms with Crippen molar-refractivity contribution in [1.29, 1.82) is 0 Å². The fourth-order valence-electron chi connectivity index (χ4n) is 3.78. The van der Waals surface area contributed by atoms with Gasteiger partial charge in [0.1, 0.15) is 5.82 Å². The van der Waals surface area contributed by atoms with E-state index in [0.717, 1.165) is 24.0 Å². The molecule has 0 spiro atoms. The monoisotopic (exact) mass is 246 g/mol. The van der Waals surface area contributed by atoms with E-state index >= 15 is 0 Å². The molecule has 1 nitrogen and oxygen atoms in total. The molecule has 3 rings (SSSR count). The number of carbonyl (C=O) groups excluding carboxylic acids is 1. The van der Waals surface area contributed by atoms with E-state index in [-0.39, 0.29) is 17.5 Å². The highest BCUT2D eigenvalue weighted by Crippen LogP contribution is 2.56. The van der Waals surface area contributed by atoms with Crippen molar-refractivity contribution in [3.63, 3.8) is 0 Å². The van der Waals surface area contributed by atoms with E-state index in [9.17, 15) is 9.18 Å². The Hall–Kier alpha value is -1.18. The first kappa shape index (κ1) is 11.9. The van der Waals surface area contributed by atoms with Gasteiger partial charge in [-0.2, -0.15) is 0 Å². The second-order valence-electron chi connectivity index (χ2n) is 5.94. The minimum Gasteiger partial charge on any atom is -0.294 e. The van der Waals surface area contributed by atoms with Gasteiger partial charge in [-0.15, -0.1) is 0 Å². The molecular weight excluding hydrogens is 227 g/mol. The molecule has 2 fully saturated rings. The molecule has 2 aliphatic rings. The zero-order valence-corrected chi connectivity index (χ0v) is 11.0. The molecule has 0 saturated heterocycles. The van der Waals surface area contributed by atoms with Crippen molar-refractivity contribution in [2.24, 2.45) is 17.8 Å². The first-order valence-electron chi connectivity index (χ1n) is 6.90. The van der Waals surface area contributed by atoms with Crippen molar-refractivity contribution >= 4 is 5.78 Å². The summed E-state index contributed by atoms with van der Waals surface area (Å²) >= 11 is 0. The van der Waals surface area contributed by atoms with Gasteiger partial charge in [-0.05, 0) is 55.7 Å². The highest BCUT2D eigenvalue weighted by molar-refractivity contribution is 6.01. The number of hydrogen-bond acceptors (Lipinski definition) is 1. The van der Waals surface area contributed by atoms with Crippen molar-refractivity contribution in [3.05, 3.63) is 34.6 Å². The number of aryl methyl sites for hydroxylation is 2. The topological polar surface area (TPSA) is 17.1 Å². The van der Waals surface area contributed by atoms with Crippen LogP contribution in [0.2, 0.25) is 0 Å². The number of carbonyl (C=O) groups is 1. The second-order valence-corrected chi connectivity index (χ2v) is 5.94. The van der Waals surface area contributed by atoms with Gasteiger partial charge in [-0.25, -0.2) is 4.39 Å². The van der Waals surface area contributed by atoms with Crippen LogP contribution in [0.1, 0.15) is 47.2 Å². The molecular formula is C16H19FO. The maximum absolute atomic E-state index is 14.0. The van der Waals surface area contributed by atoms with Crippen LogP contribution in [-0.4, -0.2) is 5.78 Å². The van der Waals surface area contributed by atoms with Gasteiger partial charge in [0.2, 0.25) is 0 Å². The zero-order valence-electron chi connectivity index (χ0n) is 11.0. The van der Waals surface area contributed by atoms with E-state index in [1.807, 2.05) is 19.9 Å². The van der Waals surface area contributed by atoms with Crippen molar-refractivity contribution < 1.29 is 9.18 Å². The zero-order chi connectivity index (χ0) is 12.9. The molecule has 1 aromatic rings. The molecule has 1 aromatic carbocycles. The lowest BCUT2D eigenvalue weighted by atomic mass is 9.97. The molecule has 18 heavy (non-hydrogen) atoms. The fourth-order valence-corrected chi connectivity index (χ4v) is 3.78. The Kier molecular flexibility index (Phi) is 2.76. The van der Waals surface area contributed by atoms with Crippen LogP contribution >= 0.6 is 0 Å². The van der Waals surface area contributed by atoms with Crippen molar-refractivity contribution in [2.45, 2.75) is 39.5 Å². The normalized spacial score (nSPS) is 29.8. The summed E-state index contributed by atoms with van der Waals surface area (Å²) in [7, 11) is 0. The van der Waals surface area contributed by atoms with Gasteiger partial charge in [-0.1, -0.05) is 18.9 Å². The van der Waals surface area contributed by atoms with Gasteiger partial charge in [-0.3, -0.25) is 4.79 Å². The Labute approximate surface area is 107 Å². The van der Waals surface area contributed by atoms with Gasteiger partial charge in [0, 0.05) is 5.92 Å². The molecule has 2 heteroatoms. The first-order chi connectivity index (χ1) is 8.59. The third-order valence-electron chi connectivity index (χ3n) is 4.64. The first-order valence-corrected chi connectivity index (χ1v) is 6.90. The minimum absolute atomic E-state index is 0.0573. The fraction of sp³-hybridized carbons (Fsp3) is 0.562. The van der Waals surface area contributed by atoms with Crippen LogP contribution in [0.25, 0.3) is 0 Å². The van der Waals surface area contributed by atoms with Gasteiger partial charge in [0.25, 0.3) is 0 Å². The lowest BCUT2D eigenvalue weighted by Gasteiger charge is -2.07. The third-order valence-corrected chi connectivity index (χ3v) is 4.64. The largest absolute Gasteiger partial charge is 0.294 e. The third kappa shape index (κ3) is 1.79. The molecule has 0 aliphatic heterocycles. The van der Waals surface area contributed by atoms with E-state index in [0.29, 0.717) is 17.4 Å². The van der Waals surface area contributed by atoms with E-state index < -0.39 is 0 Å². The van der Waals surface area contributed by atoms with Crippen LogP contribution in [0.15, 0.2) is 12.1 Å². The standard InChI is InChI=1S/C16H19FO/c1-9-7-10(2)14(13(17)8-9)16(18)15-11-5-3-4-6-12(11)15/h7-8,11-12,15H,3-6H2,1-2H3. The Balaban J connectivity index is 1.90. The summed E-state index contributed by atoms with van der Waals surface area (Å²) < 4.78 is 14.0. The summed E-state index contributed by atoms with van der Waals surface area (Å²) in [6.07, 6.45) is 4.79. The van der Waals surface area contributed by atoms with E-state index in [1.54, 1.807) is 0 Å². The molecule has 0 aromatic heterocycles. The SMILES string of the molecule is Cc1cc(C)c(C(=O)C2C3CCCCC32)c(F)c1. The number of fused-ring (bicyclic) bond motifs is 1. The van der Waals surface area contributed by atoms with Crippen LogP contribution < -0.4 is 0 Å². The van der Waals surface area contributed by atoms with Crippen LogP contribution in [0.3, 0.4) is 0 Å². The summed E-state index contributed by atoms with van der Waals surface area (Å²) in [4.78, 5) is 12.5. The summed E-state index contributed by atoms with van der Waals surface area (Å²) in [6, 6.07) is 3.38. The molecule has 2 atom stereocenters. The Bertz CT molecular complexity index is 471. The lowest BCUT2D eigenvalue weighted by Crippen LogP contribution is -2.09. The van der Waals surface area contributed by atoms with Gasteiger partial charge in [0.05, 0.1) is 5.56 Å².